The van der Waals surface area contributed by atoms with Crippen molar-refractivity contribution in [3.8, 4) is 0 Å². The molecule has 1 N–H and O–H groups in total. The molecule has 3 saturated carbocycles. The zero-order chi connectivity index (χ0) is 18.8. The Labute approximate surface area is 149 Å². The van der Waals surface area contributed by atoms with Crippen LogP contribution in [-0.2, 0) is 19.1 Å². The molecule has 140 valence electrons. The van der Waals surface area contributed by atoms with Gasteiger partial charge in [-0.3, -0.25) is 4.99 Å². The average molecular weight is 351 g/mol. The van der Waals surface area contributed by atoms with Gasteiger partial charge in [-0.2, -0.15) is 0 Å². The number of hydrogen-bond donors (Lipinski definition) is 1. The van der Waals surface area contributed by atoms with Crippen LogP contribution in [-0.4, -0.2) is 46.6 Å². The SMILES string of the molecule is CCOC(=O)[C@](O)(C(C)C)[C@@H]1N=C2C[C@@H]3C[C@@H](C3(C)C)[C@]2(C)OC1=O. The second-order valence-corrected chi connectivity index (χ2v) is 8.72. The van der Waals surface area contributed by atoms with Crippen molar-refractivity contribution in [2.24, 2.45) is 28.2 Å². The molecule has 0 radical (unpaired) electrons. The van der Waals surface area contributed by atoms with Gasteiger partial charge in [0.05, 0.1) is 12.3 Å². The monoisotopic (exact) mass is 351 g/mol. The number of carbonyl (C=O) groups excluding carboxylic acids is 2. The zero-order valence-electron chi connectivity index (χ0n) is 16.0. The molecule has 0 unspecified atom stereocenters. The lowest BCUT2D eigenvalue weighted by molar-refractivity contribution is -0.201. The highest BCUT2D eigenvalue weighted by Gasteiger charge is 2.67. The zero-order valence-corrected chi connectivity index (χ0v) is 16.0. The molecule has 2 bridgehead atoms. The van der Waals surface area contributed by atoms with Crippen LogP contribution < -0.4 is 0 Å². The van der Waals surface area contributed by atoms with Crippen molar-refractivity contribution in [2.75, 3.05) is 6.61 Å². The molecule has 6 heteroatoms. The Balaban J connectivity index is 2.00. The Bertz CT molecular complexity index is 640. The molecule has 4 rings (SSSR count). The minimum atomic E-state index is -2.02. The van der Waals surface area contributed by atoms with Crippen LogP contribution in [0.5, 0.6) is 0 Å². The average Bonchev–Trinajstić information content (AvgIpc) is 2.51. The summed E-state index contributed by atoms with van der Waals surface area (Å²) in [5.74, 6) is -1.28. The summed E-state index contributed by atoms with van der Waals surface area (Å²) < 4.78 is 10.9. The third-order valence-electron chi connectivity index (χ3n) is 6.87. The molecule has 0 amide bonds. The first kappa shape index (κ1) is 18.4. The van der Waals surface area contributed by atoms with Crippen LogP contribution in [0.2, 0.25) is 0 Å². The number of hydrogen-bond acceptors (Lipinski definition) is 6. The van der Waals surface area contributed by atoms with Crippen molar-refractivity contribution in [2.45, 2.75) is 71.6 Å². The predicted octanol–water partition coefficient (Wildman–Crippen LogP) is 2.13. The number of aliphatic imine (C=N–C) groups is 1. The molecule has 5 atom stereocenters. The molecule has 0 spiro atoms. The van der Waals surface area contributed by atoms with E-state index in [1.807, 2.05) is 6.92 Å². The largest absolute Gasteiger partial charge is 0.464 e. The standard InChI is InChI=1S/C19H29NO5/c1-7-24-16(22)19(23,10(2)3)14-15(21)25-18(6)12-8-11(17(12,4)5)9-13(18)20-14/h10-12,14,23H,7-9H2,1-6H3/t11-,12-,14+,18-,19-/m0/s1. The van der Waals surface area contributed by atoms with Gasteiger partial charge in [0.2, 0.25) is 0 Å². The van der Waals surface area contributed by atoms with Crippen LogP contribution in [0.4, 0.5) is 0 Å². The molecule has 1 heterocycles. The molecule has 25 heavy (non-hydrogen) atoms. The summed E-state index contributed by atoms with van der Waals surface area (Å²) in [4.78, 5) is 29.8. The molecule has 3 fully saturated rings. The van der Waals surface area contributed by atoms with Gasteiger partial charge in [-0.15, -0.1) is 0 Å². The number of ether oxygens (including phenoxy) is 2. The maximum atomic E-state index is 12.8. The number of esters is 2. The highest BCUT2D eigenvalue weighted by molar-refractivity contribution is 6.03. The molecule has 4 aliphatic rings. The maximum Gasteiger partial charge on any atom is 0.341 e. The van der Waals surface area contributed by atoms with E-state index < -0.39 is 35.1 Å². The lowest BCUT2D eigenvalue weighted by Crippen LogP contribution is -2.70. The van der Waals surface area contributed by atoms with Gasteiger partial charge in [0, 0.05) is 5.92 Å². The van der Waals surface area contributed by atoms with E-state index in [-0.39, 0.29) is 17.9 Å². The molecule has 6 nitrogen and oxygen atoms in total. The quantitative estimate of drug-likeness (QED) is 0.784. The fourth-order valence-corrected chi connectivity index (χ4v) is 4.91. The topological polar surface area (TPSA) is 85.2 Å². The van der Waals surface area contributed by atoms with Gasteiger partial charge < -0.3 is 14.6 Å². The van der Waals surface area contributed by atoms with Crippen LogP contribution >= 0.6 is 0 Å². The van der Waals surface area contributed by atoms with E-state index in [2.05, 4.69) is 18.8 Å². The summed E-state index contributed by atoms with van der Waals surface area (Å²) in [7, 11) is 0. The summed E-state index contributed by atoms with van der Waals surface area (Å²) >= 11 is 0. The second kappa shape index (κ2) is 5.53. The van der Waals surface area contributed by atoms with E-state index in [1.165, 1.54) is 0 Å². The van der Waals surface area contributed by atoms with Crippen molar-refractivity contribution in [1.82, 2.24) is 0 Å². The van der Waals surface area contributed by atoms with Crippen molar-refractivity contribution < 1.29 is 24.2 Å². The Morgan fingerprint density at radius 3 is 2.60 bits per heavy atom. The van der Waals surface area contributed by atoms with Crippen LogP contribution in [0.1, 0.15) is 54.4 Å². The Hall–Kier alpha value is -1.43. The van der Waals surface area contributed by atoms with Gasteiger partial charge in [0.1, 0.15) is 0 Å². The predicted molar refractivity (Wildman–Crippen MR) is 92.1 cm³/mol. The lowest BCUT2D eigenvalue weighted by atomic mass is 9.43. The minimum Gasteiger partial charge on any atom is -0.464 e. The van der Waals surface area contributed by atoms with Gasteiger partial charge in [-0.1, -0.05) is 27.7 Å². The van der Waals surface area contributed by atoms with E-state index in [4.69, 9.17) is 9.47 Å². The second-order valence-electron chi connectivity index (χ2n) is 8.72. The van der Waals surface area contributed by atoms with Crippen molar-refractivity contribution in [1.29, 1.82) is 0 Å². The Morgan fingerprint density at radius 2 is 2.08 bits per heavy atom. The molecular weight excluding hydrogens is 322 g/mol. The summed E-state index contributed by atoms with van der Waals surface area (Å²) in [5, 5.41) is 11.1. The maximum absolute atomic E-state index is 12.8. The highest BCUT2D eigenvalue weighted by Crippen LogP contribution is 2.63. The highest BCUT2D eigenvalue weighted by atomic mass is 16.6. The van der Waals surface area contributed by atoms with Gasteiger partial charge >= 0.3 is 11.9 Å². The first-order valence-corrected chi connectivity index (χ1v) is 9.19. The fourth-order valence-electron chi connectivity index (χ4n) is 4.91. The van der Waals surface area contributed by atoms with Crippen LogP contribution in [0.15, 0.2) is 4.99 Å². The summed E-state index contributed by atoms with van der Waals surface area (Å²) in [6, 6.07) is -1.27. The summed E-state index contributed by atoms with van der Waals surface area (Å²) in [5.41, 5.74) is -1.85. The van der Waals surface area contributed by atoms with E-state index in [9.17, 15) is 14.7 Å². The van der Waals surface area contributed by atoms with E-state index in [0.717, 1.165) is 18.6 Å². The Kier molecular flexibility index (Phi) is 4.06. The normalized spacial score (nSPS) is 38.0. The van der Waals surface area contributed by atoms with E-state index >= 15 is 0 Å². The van der Waals surface area contributed by atoms with Crippen LogP contribution in [0.25, 0.3) is 0 Å². The van der Waals surface area contributed by atoms with Gasteiger partial charge in [0.15, 0.2) is 17.2 Å². The molecule has 0 aromatic rings. The van der Waals surface area contributed by atoms with Crippen molar-refractivity contribution >= 4 is 17.7 Å². The fraction of sp³-hybridized carbons (Fsp3) is 0.842. The molecule has 1 aliphatic heterocycles. The molecule has 0 aromatic carbocycles. The molecule has 0 saturated heterocycles. The third kappa shape index (κ3) is 2.29. The third-order valence-corrected chi connectivity index (χ3v) is 6.87. The minimum absolute atomic E-state index is 0.108. The molecule has 0 aromatic heterocycles. The van der Waals surface area contributed by atoms with E-state index in [0.29, 0.717) is 5.92 Å². The number of rotatable bonds is 4. The lowest BCUT2D eigenvalue weighted by Gasteiger charge is -2.64. The van der Waals surface area contributed by atoms with Gasteiger partial charge in [0.25, 0.3) is 0 Å². The number of aliphatic hydroxyl groups is 1. The van der Waals surface area contributed by atoms with Crippen molar-refractivity contribution in [3.05, 3.63) is 0 Å². The van der Waals surface area contributed by atoms with Gasteiger partial charge in [-0.05, 0) is 43.9 Å². The first-order valence-electron chi connectivity index (χ1n) is 9.19. The van der Waals surface area contributed by atoms with E-state index in [1.54, 1.807) is 20.8 Å². The smallest absolute Gasteiger partial charge is 0.341 e. The summed E-state index contributed by atoms with van der Waals surface area (Å²) in [6.07, 6.45) is 1.76. The van der Waals surface area contributed by atoms with Crippen LogP contribution in [0, 0.1) is 23.2 Å². The molecular formula is C19H29NO5. The number of nitrogens with zero attached hydrogens (tertiary/aromatic N) is 1. The first-order chi connectivity index (χ1) is 11.5. The number of carbonyl (C=O) groups is 2. The van der Waals surface area contributed by atoms with Crippen molar-refractivity contribution in [3.63, 3.8) is 0 Å². The Morgan fingerprint density at radius 1 is 1.44 bits per heavy atom. The van der Waals surface area contributed by atoms with Crippen LogP contribution in [0.3, 0.4) is 0 Å². The molecule has 3 aliphatic carbocycles. The van der Waals surface area contributed by atoms with Gasteiger partial charge in [-0.25, -0.2) is 9.59 Å². The summed E-state index contributed by atoms with van der Waals surface area (Å²) in [6.45, 7) is 11.5.